The number of carboxylic acid groups (broad SMARTS) is 1. The minimum atomic E-state index is -0.994. The third-order valence-electron chi connectivity index (χ3n) is 4.94. The molecule has 6 nitrogen and oxygen atoms in total. The topological polar surface area (TPSA) is 91.3 Å². The molecule has 0 amide bonds. The van der Waals surface area contributed by atoms with Gasteiger partial charge in [0.15, 0.2) is 5.82 Å². The number of anilines is 3. The largest absolute Gasteiger partial charge is 0.478 e. The molecule has 2 aromatic rings. The van der Waals surface area contributed by atoms with Crippen LogP contribution in [0.1, 0.15) is 42.6 Å². The molecule has 0 saturated carbocycles. The van der Waals surface area contributed by atoms with Crippen molar-refractivity contribution in [2.75, 3.05) is 17.7 Å². The predicted octanol–water partition coefficient (Wildman–Crippen LogP) is 5.67. The lowest BCUT2D eigenvalue weighted by molar-refractivity contribution is -0.104. The van der Waals surface area contributed by atoms with Crippen molar-refractivity contribution in [3.05, 3.63) is 82.6 Å². The number of hydrogen-bond acceptors (Lipinski definition) is 5. The number of carbonyl (C=O) groups excluding carboxylic acids is 1. The summed E-state index contributed by atoms with van der Waals surface area (Å²) in [5.74, 6) is -0.395. The number of carbonyl (C=O) groups is 2. The molecule has 1 aromatic carbocycles. The number of nitrogens with zero attached hydrogens (tertiary/aromatic N) is 1. The highest BCUT2D eigenvalue weighted by Gasteiger charge is 2.10. The van der Waals surface area contributed by atoms with Gasteiger partial charge in [-0.1, -0.05) is 36.4 Å². The molecule has 0 unspecified atom stereocenters. The number of rotatable bonds is 6. The van der Waals surface area contributed by atoms with Crippen LogP contribution in [0.3, 0.4) is 0 Å². The fourth-order valence-electron chi connectivity index (χ4n) is 3.14. The molecule has 0 atom stereocenters. The van der Waals surface area contributed by atoms with E-state index in [9.17, 15) is 9.59 Å². The number of aromatic nitrogens is 1. The molecule has 1 aliphatic carbocycles. The summed E-state index contributed by atoms with van der Waals surface area (Å²) in [6.45, 7) is 5.94. The lowest BCUT2D eigenvalue weighted by Crippen LogP contribution is -2.04. The maximum absolute atomic E-state index is 10.9. The first-order chi connectivity index (χ1) is 14.9. The second-order valence-electron chi connectivity index (χ2n) is 7.06. The molecule has 0 fully saturated rings. The number of pyridine rings is 1. The molecule has 31 heavy (non-hydrogen) atoms. The molecule has 1 aliphatic rings. The summed E-state index contributed by atoms with van der Waals surface area (Å²) in [6, 6.07) is 9.38. The van der Waals surface area contributed by atoms with Crippen LogP contribution in [-0.4, -0.2) is 29.4 Å². The summed E-state index contributed by atoms with van der Waals surface area (Å²) in [5.41, 5.74) is 5.97. The minimum Gasteiger partial charge on any atom is -0.478 e. The van der Waals surface area contributed by atoms with Crippen LogP contribution in [0.5, 0.6) is 0 Å². The fourth-order valence-corrected chi connectivity index (χ4v) is 3.14. The Balaban J connectivity index is 0.000000245. The number of para-hydroxylation sites is 1. The number of aryl methyl sites for hydroxylation is 1. The molecule has 162 valence electrons. The second kappa shape index (κ2) is 11.5. The average molecular weight is 420 g/mol. The maximum atomic E-state index is 10.9. The third-order valence-corrected chi connectivity index (χ3v) is 4.94. The molecule has 0 radical (unpaired) electrons. The third kappa shape index (κ3) is 6.40. The molecule has 0 bridgehead atoms. The van der Waals surface area contributed by atoms with Crippen LogP contribution in [-0.2, 0) is 4.79 Å². The first-order valence-electron chi connectivity index (χ1n) is 10.1. The van der Waals surface area contributed by atoms with E-state index in [2.05, 4.69) is 34.7 Å². The zero-order chi connectivity index (χ0) is 22.8. The SMILES string of the molecule is C/C=C(/C=O)C1=CCCC=C1C.CNc1cc(C(=O)O)cnc1Nc1ccccc1C. The van der Waals surface area contributed by atoms with Gasteiger partial charge in [-0.25, -0.2) is 9.78 Å². The van der Waals surface area contributed by atoms with Crippen molar-refractivity contribution in [3.8, 4) is 0 Å². The van der Waals surface area contributed by atoms with Gasteiger partial charge in [-0.2, -0.15) is 0 Å². The van der Waals surface area contributed by atoms with Gasteiger partial charge in [0, 0.05) is 24.5 Å². The van der Waals surface area contributed by atoms with Gasteiger partial charge in [0.05, 0.1) is 11.3 Å². The summed E-state index contributed by atoms with van der Waals surface area (Å²) in [6.07, 6.45) is 10.6. The predicted molar refractivity (Wildman–Crippen MR) is 126 cm³/mol. The molecule has 0 saturated heterocycles. The Kier molecular flexibility index (Phi) is 8.76. The van der Waals surface area contributed by atoms with Gasteiger partial charge in [0.2, 0.25) is 0 Å². The van der Waals surface area contributed by atoms with Gasteiger partial charge in [-0.15, -0.1) is 0 Å². The summed E-state index contributed by atoms with van der Waals surface area (Å²) in [7, 11) is 1.73. The van der Waals surface area contributed by atoms with E-state index < -0.39 is 5.97 Å². The van der Waals surface area contributed by atoms with Crippen molar-refractivity contribution in [1.82, 2.24) is 4.98 Å². The van der Waals surface area contributed by atoms with Crippen molar-refractivity contribution < 1.29 is 14.7 Å². The molecule has 0 aliphatic heterocycles. The van der Waals surface area contributed by atoms with Crippen molar-refractivity contribution in [2.24, 2.45) is 0 Å². The zero-order valence-electron chi connectivity index (χ0n) is 18.4. The van der Waals surface area contributed by atoms with Crippen LogP contribution >= 0.6 is 0 Å². The van der Waals surface area contributed by atoms with Gasteiger partial charge in [-0.05, 0) is 62.5 Å². The number of nitrogens with one attached hydrogen (secondary N) is 2. The van der Waals surface area contributed by atoms with Crippen LogP contribution in [0.25, 0.3) is 0 Å². The molecular formula is C25H29N3O3. The van der Waals surface area contributed by atoms with E-state index in [1.807, 2.05) is 44.2 Å². The van der Waals surface area contributed by atoms with E-state index >= 15 is 0 Å². The highest BCUT2D eigenvalue weighted by Crippen LogP contribution is 2.26. The normalized spacial score (nSPS) is 13.2. The Labute approximate surface area is 183 Å². The van der Waals surface area contributed by atoms with E-state index in [4.69, 9.17) is 5.11 Å². The molecule has 1 heterocycles. The van der Waals surface area contributed by atoms with Crippen LogP contribution in [0.15, 0.2) is 71.5 Å². The van der Waals surface area contributed by atoms with Crippen molar-refractivity contribution in [2.45, 2.75) is 33.6 Å². The maximum Gasteiger partial charge on any atom is 0.337 e. The Morgan fingerprint density at radius 2 is 1.84 bits per heavy atom. The highest BCUT2D eigenvalue weighted by molar-refractivity contribution is 5.90. The van der Waals surface area contributed by atoms with E-state index in [1.54, 1.807) is 13.1 Å². The number of aromatic carboxylic acids is 1. The lowest BCUT2D eigenvalue weighted by Gasteiger charge is -2.13. The average Bonchev–Trinajstić information content (AvgIpc) is 2.78. The Morgan fingerprint density at radius 3 is 2.42 bits per heavy atom. The van der Waals surface area contributed by atoms with Crippen LogP contribution in [0.2, 0.25) is 0 Å². The second-order valence-corrected chi connectivity index (χ2v) is 7.06. The first kappa shape index (κ1) is 23.6. The van der Waals surface area contributed by atoms with E-state index in [-0.39, 0.29) is 5.56 Å². The molecule has 3 rings (SSSR count). The number of hydrogen-bond donors (Lipinski definition) is 3. The lowest BCUT2D eigenvalue weighted by atomic mass is 9.93. The zero-order valence-corrected chi connectivity index (χ0v) is 18.4. The summed E-state index contributed by atoms with van der Waals surface area (Å²) < 4.78 is 0. The monoisotopic (exact) mass is 419 g/mol. The Morgan fingerprint density at radius 1 is 1.13 bits per heavy atom. The fraction of sp³-hybridized carbons (Fsp3) is 0.240. The van der Waals surface area contributed by atoms with Crippen LogP contribution in [0.4, 0.5) is 17.2 Å². The van der Waals surface area contributed by atoms with Gasteiger partial charge < -0.3 is 15.7 Å². The van der Waals surface area contributed by atoms with Crippen molar-refractivity contribution in [1.29, 1.82) is 0 Å². The Hall–Kier alpha value is -3.67. The number of allylic oxidation sites excluding steroid dienone is 6. The number of aldehydes is 1. The quantitative estimate of drug-likeness (QED) is 0.413. The van der Waals surface area contributed by atoms with Crippen LogP contribution < -0.4 is 10.6 Å². The van der Waals surface area contributed by atoms with E-state index in [0.717, 1.165) is 41.5 Å². The van der Waals surface area contributed by atoms with Crippen molar-refractivity contribution >= 4 is 29.4 Å². The van der Waals surface area contributed by atoms with Gasteiger partial charge in [0.25, 0.3) is 0 Å². The Bertz CT molecular complexity index is 1040. The molecule has 6 heteroatoms. The minimum absolute atomic E-state index is 0.152. The molecule has 1 aromatic heterocycles. The highest BCUT2D eigenvalue weighted by atomic mass is 16.4. The smallest absolute Gasteiger partial charge is 0.337 e. The van der Waals surface area contributed by atoms with E-state index in [0.29, 0.717) is 11.5 Å². The molecular weight excluding hydrogens is 390 g/mol. The number of carboxylic acids is 1. The summed E-state index contributed by atoms with van der Waals surface area (Å²) >= 11 is 0. The molecule has 3 N–H and O–H groups in total. The van der Waals surface area contributed by atoms with Crippen molar-refractivity contribution in [3.63, 3.8) is 0 Å². The first-order valence-corrected chi connectivity index (χ1v) is 10.1. The molecule has 0 spiro atoms. The number of benzene rings is 1. The summed E-state index contributed by atoms with van der Waals surface area (Å²) in [5, 5.41) is 15.1. The summed E-state index contributed by atoms with van der Waals surface area (Å²) in [4.78, 5) is 25.7. The van der Waals surface area contributed by atoms with Gasteiger partial charge >= 0.3 is 5.97 Å². The van der Waals surface area contributed by atoms with Gasteiger partial charge in [0.1, 0.15) is 6.29 Å². The standard InChI is InChI=1S/C14H15N3O2.C11H14O/c1-9-5-3-4-6-11(9)17-13-12(15-2)7-10(8-16-13)14(18)19;1-3-10(8-12)11-7-5-4-6-9(11)2/h3-8,15H,1-2H3,(H,16,17)(H,18,19);3,6-8H,4-5H2,1-2H3/b;10-3-. The van der Waals surface area contributed by atoms with Crippen LogP contribution in [0, 0.1) is 6.92 Å². The van der Waals surface area contributed by atoms with Gasteiger partial charge in [-0.3, -0.25) is 4.79 Å². The van der Waals surface area contributed by atoms with E-state index in [1.165, 1.54) is 11.8 Å².